The summed E-state index contributed by atoms with van der Waals surface area (Å²) in [6.07, 6.45) is -0.0995. The van der Waals surface area contributed by atoms with E-state index >= 15 is 0 Å². The van der Waals surface area contributed by atoms with Gasteiger partial charge in [-0.1, -0.05) is 99.6 Å². The minimum absolute atomic E-state index is 0.0481. The lowest BCUT2D eigenvalue weighted by molar-refractivity contribution is 0.211. The van der Waals surface area contributed by atoms with Crippen molar-refractivity contribution >= 4 is 24.4 Å². The van der Waals surface area contributed by atoms with Crippen molar-refractivity contribution in [1.82, 2.24) is 0 Å². The number of rotatable bonds is 5. The van der Waals surface area contributed by atoms with Gasteiger partial charge < -0.3 is 10.2 Å². The molecular weight excluding hydrogens is 346 g/mol. The van der Waals surface area contributed by atoms with Gasteiger partial charge in [0.1, 0.15) is 0 Å². The fraction of sp³-hybridized carbons (Fsp3) is 0.250. The molecule has 0 spiro atoms. The van der Waals surface area contributed by atoms with Crippen LogP contribution in [0.2, 0.25) is 5.04 Å². The van der Waals surface area contributed by atoms with Crippen molar-refractivity contribution in [3.05, 3.63) is 90.5 Å². The normalized spacial score (nSPS) is 13.3. The van der Waals surface area contributed by atoms with Gasteiger partial charge in [0.2, 0.25) is 0 Å². The highest BCUT2D eigenvalue weighted by Gasteiger charge is 2.51. The first-order valence-electron chi connectivity index (χ1n) is 9.49. The number of hydrogen-bond acceptors (Lipinski definition) is 2. The molecule has 0 aliphatic rings. The Labute approximate surface area is 164 Å². The van der Waals surface area contributed by atoms with Gasteiger partial charge in [-0.15, -0.1) is 0 Å². The predicted octanol–water partition coefficient (Wildman–Crippen LogP) is 4.91. The minimum Gasteiger partial charge on any atom is -0.401 e. The van der Waals surface area contributed by atoms with E-state index in [-0.39, 0.29) is 11.1 Å². The molecule has 3 aromatic carbocycles. The van der Waals surface area contributed by atoms with Gasteiger partial charge >= 0.3 is 0 Å². The Bertz CT molecular complexity index is 832. The van der Waals surface area contributed by atoms with Gasteiger partial charge in [-0.25, -0.2) is 0 Å². The van der Waals surface area contributed by atoms with E-state index in [1.54, 1.807) is 0 Å². The molecule has 0 heterocycles. The van der Waals surface area contributed by atoms with Gasteiger partial charge in [0.05, 0.1) is 6.10 Å². The first kappa shape index (κ1) is 19.4. The van der Waals surface area contributed by atoms with Gasteiger partial charge in [0, 0.05) is 11.3 Å². The third kappa shape index (κ3) is 3.71. The van der Waals surface area contributed by atoms with Crippen molar-refractivity contribution < 1.29 is 4.43 Å². The summed E-state index contributed by atoms with van der Waals surface area (Å²) in [5, 5.41) is 2.52. The predicted molar refractivity (Wildman–Crippen MR) is 118 cm³/mol. The van der Waals surface area contributed by atoms with E-state index in [0.717, 1.165) is 11.3 Å². The Morgan fingerprint density at radius 2 is 1.19 bits per heavy atom. The molecule has 0 saturated carbocycles. The number of anilines is 1. The van der Waals surface area contributed by atoms with E-state index < -0.39 is 8.32 Å². The zero-order valence-electron chi connectivity index (χ0n) is 16.6. The van der Waals surface area contributed by atoms with Crippen LogP contribution in [-0.2, 0) is 4.43 Å². The number of hydrogen-bond donors (Lipinski definition) is 1. The average Bonchev–Trinajstić information content (AvgIpc) is 2.66. The lowest BCUT2D eigenvalue weighted by atomic mass is 10.1. The summed E-state index contributed by atoms with van der Waals surface area (Å²) in [4.78, 5) is 0. The van der Waals surface area contributed by atoms with Crippen molar-refractivity contribution in [2.75, 3.05) is 5.73 Å². The Balaban J connectivity index is 2.19. The summed E-state index contributed by atoms with van der Waals surface area (Å²) in [5.41, 5.74) is 8.09. The zero-order chi connectivity index (χ0) is 19.5. The van der Waals surface area contributed by atoms with Crippen LogP contribution in [0.3, 0.4) is 0 Å². The molecule has 140 valence electrons. The molecule has 0 saturated heterocycles. The van der Waals surface area contributed by atoms with Crippen LogP contribution in [-0.4, -0.2) is 8.32 Å². The largest absolute Gasteiger partial charge is 0.401 e. The Kier molecular flexibility index (Phi) is 5.54. The molecule has 3 aromatic rings. The highest BCUT2D eigenvalue weighted by Crippen LogP contribution is 2.40. The molecule has 2 nitrogen and oxygen atoms in total. The quantitative estimate of drug-likeness (QED) is 0.508. The molecule has 3 heteroatoms. The van der Waals surface area contributed by atoms with Crippen LogP contribution in [0.5, 0.6) is 0 Å². The lowest BCUT2D eigenvalue weighted by Gasteiger charge is -2.44. The summed E-state index contributed by atoms with van der Waals surface area (Å²) in [6, 6.07) is 29.4. The molecule has 0 aliphatic carbocycles. The standard InChI is InChI=1S/C24H29NOSi/c1-19(22-17-11-12-18-23(22)25)26-27(24(2,3)4,20-13-7-5-8-14-20)21-15-9-6-10-16-21/h5-19H,25H2,1-4H3. The molecule has 2 N–H and O–H groups in total. The van der Waals surface area contributed by atoms with Crippen LogP contribution in [0.15, 0.2) is 84.9 Å². The van der Waals surface area contributed by atoms with E-state index in [1.165, 1.54) is 10.4 Å². The Morgan fingerprint density at radius 3 is 1.63 bits per heavy atom. The van der Waals surface area contributed by atoms with Gasteiger partial charge in [-0.2, -0.15) is 0 Å². The van der Waals surface area contributed by atoms with Crippen molar-refractivity contribution in [3.63, 3.8) is 0 Å². The molecule has 1 atom stereocenters. The van der Waals surface area contributed by atoms with Gasteiger partial charge in [0.25, 0.3) is 8.32 Å². The van der Waals surface area contributed by atoms with Crippen molar-refractivity contribution in [3.8, 4) is 0 Å². The molecule has 0 aromatic heterocycles. The maximum Gasteiger partial charge on any atom is 0.261 e. The SMILES string of the molecule is CC(O[Si](c1ccccc1)(c1ccccc1)C(C)(C)C)c1ccccc1N. The highest BCUT2D eigenvalue weighted by atomic mass is 28.4. The minimum atomic E-state index is -2.57. The molecule has 0 amide bonds. The van der Waals surface area contributed by atoms with Crippen LogP contribution in [0.1, 0.15) is 39.4 Å². The fourth-order valence-corrected chi connectivity index (χ4v) is 8.57. The molecule has 0 radical (unpaired) electrons. The first-order valence-corrected chi connectivity index (χ1v) is 11.4. The van der Waals surface area contributed by atoms with E-state index in [1.807, 2.05) is 18.2 Å². The second kappa shape index (κ2) is 7.71. The van der Waals surface area contributed by atoms with E-state index in [2.05, 4.69) is 94.4 Å². The molecule has 0 aliphatic heterocycles. The molecule has 1 unspecified atom stereocenters. The maximum absolute atomic E-state index is 7.10. The van der Waals surface area contributed by atoms with E-state index in [0.29, 0.717) is 0 Å². The fourth-order valence-electron chi connectivity index (χ4n) is 3.90. The van der Waals surface area contributed by atoms with Crippen LogP contribution in [0.4, 0.5) is 5.69 Å². The number of para-hydroxylation sites is 1. The third-order valence-corrected chi connectivity index (χ3v) is 10.3. The van der Waals surface area contributed by atoms with Crippen LogP contribution >= 0.6 is 0 Å². The van der Waals surface area contributed by atoms with Crippen LogP contribution in [0.25, 0.3) is 0 Å². The first-order chi connectivity index (χ1) is 12.9. The molecule has 3 rings (SSSR count). The molecule has 0 bridgehead atoms. The van der Waals surface area contributed by atoms with Crippen LogP contribution < -0.4 is 16.1 Å². The molecule has 27 heavy (non-hydrogen) atoms. The van der Waals surface area contributed by atoms with Gasteiger partial charge in [-0.05, 0) is 28.4 Å². The molecule has 0 fully saturated rings. The van der Waals surface area contributed by atoms with Crippen molar-refractivity contribution in [2.24, 2.45) is 0 Å². The third-order valence-electron chi connectivity index (χ3n) is 5.20. The monoisotopic (exact) mass is 375 g/mol. The highest BCUT2D eigenvalue weighted by molar-refractivity contribution is 6.99. The Morgan fingerprint density at radius 1 is 0.741 bits per heavy atom. The topological polar surface area (TPSA) is 35.2 Å². The van der Waals surface area contributed by atoms with Gasteiger partial charge in [0.15, 0.2) is 0 Å². The summed E-state index contributed by atoms with van der Waals surface area (Å²) < 4.78 is 7.10. The summed E-state index contributed by atoms with van der Waals surface area (Å²) in [5.74, 6) is 0. The average molecular weight is 376 g/mol. The summed E-state index contributed by atoms with van der Waals surface area (Å²) in [7, 11) is -2.57. The van der Waals surface area contributed by atoms with E-state index in [9.17, 15) is 0 Å². The smallest absolute Gasteiger partial charge is 0.261 e. The number of nitrogen functional groups attached to an aromatic ring is 1. The number of benzene rings is 3. The van der Waals surface area contributed by atoms with Crippen molar-refractivity contribution in [1.29, 1.82) is 0 Å². The second-order valence-corrected chi connectivity index (χ2v) is 12.3. The van der Waals surface area contributed by atoms with Gasteiger partial charge in [-0.3, -0.25) is 0 Å². The lowest BCUT2D eigenvalue weighted by Crippen LogP contribution is -2.66. The molecular formula is C24H29NOSi. The van der Waals surface area contributed by atoms with Crippen molar-refractivity contribution in [2.45, 2.75) is 38.8 Å². The Hall–Kier alpha value is -2.36. The summed E-state index contributed by atoms with van der Waals surface area (Å²) in [6.45, 7) is 8.99. The number of nitrogens with two attached hydrogens (primary N) is 1. The maximum atomic E-state index is 7.10. The van der Waals surface area contributed by atoms with E-state index in [4.69, 9.17) is 10.2 Å². The van der Waals surface area contributed by atoms with Crippen LogP contribution in [0, 0.1) is 0 Å². The summed E-state index contributed by atoms with van der Waals surface area (Å²) >= 11 is 0. The zero-order valence-corrected chi connectivity index (χ0v) is 17.6. The second-order valence-electron chi connectivity index (χ2n) is 8.05.